The molecule has 0 nitrogen and oxygen atoms in total. The van der Waals surface area contributed by atoms with E-state index in [1.807, 2.05) is 0 Å². The van der Waals surface area contributed by atoms with Crippen molar-refractivity contribution in [2.75, 3.05) is 0 Å². The first-order chi connectivity index (χ1) is 4.39. The average molecular weight is 181 g/mol. The molecule has 0 aliphatic heterocycles. The lowest BCUT2D eigenvalue weighted by Gasteiger charge is -2.09. The largest absolute Gasteiger partial charge is 0.424 e. The monoisotopic (exact) mass is 180 g/mol. The van der Waals surface area contributed by atoms with E-state index in [2.05, 4.69) is 11.6 Å². The minimum Gasteiger partial charge on any atom is -0.231 e. The number of alkyl halides is 4. The van der Waals surface area contributed by atoms with Gasteiger partial charge in [0.15, 0.2) is 0 Å². The van der Waals surface area contributed by atoms with Crippen molar-refractivity contribution in [2.45, 2.75) is 12.3 Å². The van der Waals surface area contributed by atoms with Crippen molar-refractivity contribution in [3.63, 3.8) is 0 Å². The molecule has 10 heavy (non-hydrogen) atoms. The summed E-state index contributed by atoms with van der Waals surface area (Å²) in [4.78, 5) is 0. The maximum Gasteiger partial charge on any atom is 0.424 e. The Kier molecular flexibility index (Phi) is 3.08. The average Bonchev–Trinajstić information content (AvgIpc) is 1.83. The molecule has 0 aliphatic rings. The van der Waals surface area contributed by atoms with Crippen LogP contribution in [0.4, 0.5) is 22.0 Å². The number of halogens is 6. The van der Waals surface area contributed by atoms with Gasteiger partial charge in [-0.25, -0.2) is 8.78 Å². The first-order valence-corrected chi connectivity index (χ1v) is 2.44. The van der Waals surface area contributed by atoms with Gasteiger partial charge >= 0.3 is 6.18 Å². The van der Waals surface area contributed by atoms with Crippen LogP contribution >= 0.6 is 11.6 Å². The van der Waals surface area contributed by atoms with E-state index in [1.165, 1.54) is 0 Å². The zero-order valence-corrected chi connectivity index (χ0v) is 5.18. The second-order valence-electron chi connectivity index (χ2n) is 1.40. The zero-order chi connectivity index (χ0) is 8.36. The third-order valence-electron chi connectivity index (χ3n) is 0.634. The van der Waals surface area contributed by atoms with E-state index in [0.29, 0.717) is 0 Å². The first-order valence-electron chi connectivity index (χ1n) is 2.06. The molecule has 1 unspecified atom stereocenters. The van der Waals surface area contributed by atoms with Gasteiger partial charge in [0.1, 0.15) is 6.33 Å². The summed E-state index contributed by atoms with van der Waals surface area (Å²) in [6.07, 6.45) is -9.17. The van der Waals surface area contributed by atoms with Crippen LogP contribution in [0.3, 0.4) is 0 Å². The molecule has 0 saturated heterocycles. The Bertz CT molecular complexity index is 137. The molecule has 0 aromatic carbocycles. The summed E-state index contributed by atoms with van der Waals surface area (Å²) in [5.41, 5.74) is 0. The zero-order valence-electron chi connectivity index (χ0n) is 4.42. The van der Waals surface area contributed by atoms with Crippen LogP contribution in [0.2, 0.25) is 0 Å². The van der Waals surface area contributed by atoms with Crippen molar-refractivity contribution in [3.8, 4) is 0 Å². The van der Waals surface area contributed by atoms with Gasteiger partial charge in [-0.1, -0.05) is 11.6 Å². The Morgan fingerprint density at radius 3 is 1.90 bits per heavy atom. The molecule has 0 bridgehead atoms. The minimum atomic E-state index is -5.13. The summed E-state index contributed by atoms with van der Waals surface area (Å²) in [6.45, 7) is 0. The second kappa shape index (κ2) is 3.18. The van der Waals surface area contributed by atoms with Crippen molar-refractivity contribution in [3.05, 3.63) is 11.4 Å². The molecule has 0 fully saturated rings. The summed E-state index contributed by atoms with van der Waals surface area (Å²) in [7, 11) is 0. The highest BCUT2D eigenvalue weighted by Gasteiger charge is 2.42. The van der Waals surface area contributed by atoms with Gasteiger partial charge in [-0.05, 0) is 0 Å². The second-order valence-corrected chi connectivity index (χ2v) is 1.83. The van der Waals surface area contributed by atoms with E-state index in [9.17, 15) is 22.0 Å². The van der Waals surface area contributed by atoms with Gasteiger partial charge in [0, 0.05) is 0 Å². The number of hydrogen-bond acceptors (Lipinski definition) is 0. The Morgan fingerprint density at radius 1 is 1.40 bits per heavy atom. The molecule has 0 rings (SSSR count). The third-order valence-corrected chi connectivity index (χ3v) is 0.908. The van der Waals surface area contributed by atoms with E-state index >= 15 is 0 Å². The lowest BCUT2D eigenvalue weighted by Crippen LogP contribution is -2.24. The van der Waals surface area contributed by atoms with E-state index in [4.69, 9.17) is 0 Å². The molecular weight excluding hydrogens is 178 g/mol. The molecule has 0 radical (unpaired) electrons. The van der Waals surface area contributed by atoms with Gasteiger partial charge in [-0.3, -0.25) is 0 Å². The minimum absolute atomic E-state index is 0.625. The third kappa shape index (κ3) is 2.51. The number of hydrogen-bond donors (Lipinski definition) is 0. The van der Waals surface area contributed by atoms with Crippen LogP contribution in [0.1, 0.15) is 0 Å². The highest BCUT2D eigenvalue weighted by atomic mass is 35.5. The highest BCUT2D eigenvalue weighted by Crippen LogP contribution is 2.29. The molecule has 0 N–H and O–H groups in total. The van der Waals surface area contributed by atoms with Gasteiger partial charge in [0.25, 0.3) is 0 Å². The molecule has 0 aromatic heterocycles. The summed E-state index contributed by atoms with van der Waals surface area (Å²) < 4.78 is 56.5. The fourth-order valence-electron chi connectivity index (χ4n) is 0.212. The molecule has 0 heterocycles. The summed E-state index contributed by atoms with van der Waals surface area (Å²) in [6, 6.07) is 0. The molecule has 60 valence electrons. The Morgan fingerprint density at radius 2 is 1.80 bits per heavy atom. The SMILES string of the molecule is FC=C(Cl)C(F)C(F)(F)F. The molecule has 0 spiro atoms. The Balaban J connectivity index is 4.23. The van der Waals surface area contributed by atoms with Gasteiger partial charge < -0.3 is 0 Å². The van der Waals surface area contributed by atoms with Crippen molar-refractivity contribution >= 4 is 11.6 Å². The molecule has 6 heteroatoms. The smallest absolute Gasteiger partial charge is 0.231 e. The predicted octanol–water partition coefficient (Wildman–Crippen LogP) is 2.94. The normalized spacial score (nSPS) is 17.2. The van der Waals surface area contributed by atoms with Crippen molar-refractivity contribution < 1.29 is 22.0 Å². The Labute approximate surface area is 58.3 Å². The molecule has 0 saturated carbocycles. The fraction of sp³-hybridized carbons (Fsp3) is 0.500. The van der Waals surface area contributed by atoms with Crippen molar-refractivity contribution in [2.24, 2.45) is 0 Å². The molecule has 1 atom stereocenters. The van der Waals surface area contributed by atoms with Crippen LogP contribution in [-0.2, 0) is 0 Å². The summed E-state index contributed by atoms with van der Waals surface area (Å²) >= 11 is 4.49. The van der Waals surface area contributed by atoms with Gasteiger partial charge in [0.2, 0.25) is 6.17 Å². The number of rotatable bonds is 1. The highest BCUT2D eigenvalue weighted by molar-refractivity contribution is 6.30. The molecular formula is C4H2ClF5. The van der Waals surface area contributed by atoms with E-state index in [-0.39, 0.29) is 0 Å². The van der Waals surface area contributed by atoms with Gasteiger partial charge in [0.05, 0.1) is 5.03 Å². The topological polar surface area (TPSA) is 0 Å². The van der Waals surface area contributed by atoms with Crippen LogP contribution < -0.4 is 0 Å². The predicted molar refractivity (Wildman–Crippen MR) is 26.0 cm³/mol. The standard InChI is InChI=1S/C4H2ClF5/c5-2(1-6)3(7)4(8,9)10/h1,3H. The lowest BCUT2D eigenvalue weighted by atomic mass is 10.4. The maximum absolute atomic E-state index is 11.7. The summed E-state index contributed by atoms with van der Waals surface area (Å²) in [5.74, 6) is 0. The van der Waals surface area contributed by atoms with Gasteiger partial charge in [-0.15, -0.1) is 0 Å². The summed E-state index contributed by atoms with van der Waals surface area (Å²) in [5, 5.41) is -1.49. The number of allylic oxidation sites excluding steroid dienone is 1. The lowest BCUT2D eigenvalue weighted by molar-refractivity contribution is -0.167. The van der Waals surface area contributed by atoms with Crippen LogP contribution in [0.15, 0.2) is 11.4 Å². The van der Waals surface area contributed by atoms with Crippen LogP contribution in [-0.4, -0.2) is 12.3 Å². The molecule has 0 amide bonds. The van der Waals surface area contributed by atoms with Crippen molar-refractivity contribution in [1.29, 1.82) is 0 Å². The van der Waals surface area contributed by atoms with Crippen molar-refractivity contribution in [1.82, 2.24) is 0 Å². The fourth-order valence-corrected chi connectivity index (χ4v) is 0.335. The van der Waals surface area contributed by atoms with Crippen LogP contribution in [0.5, 0.6) is 0 Å². The van der Waals surface area contributed by atoms with Gasteiger partial charge in [-0.2, -0.15) is 13.2 Å². The maximum atomic E-state index is 11.7. The molecule has 0 aliphatic carbocycles. The quantitative estimate of drug-likeness (QED) is 0.545. The van der Waals surface area contributed by atoms with E-state index < -0.39 is 23.7 Å². The van der Waals surface area contributed by atoms with Crippen LogP contribution in [0.25, 0.3) is 0 Å². The molecule has 0 aromatic rings. The first kappa shape index (κ1) is 9.68. The Hall–Kier alpha value is -0.320. The van der Waals surface area contributed by atoms with E-state index in [1.54, 1.807) is 0 Å². The van der Waals surface area contributed by atoms with Crippen LogP contribution in [0, 0.1) is 0 Å². The van der Waals surface area contributed by atoms with E-state index in [0.717, 1.165) is 0 Å².